The molecule has 0 saturated heterocycles. The van der Waals surface area contributed by atoms with Crippen molar-refractivity contribution in [3.05, 3.63) is 104 Å². The molecule has 0 saturated carbocycles. The summed E-state index contributed by atoms with van der Waals surface area (Å²) in [5.74, 6) is -2.58. The number of anilines is 2. The first-order valence-electron chi connectivity index (χ1n) is 12.5. The van der Waals surface area contributed by atoms with Crippen LogP contribution in [0, 0.1) is 17.0 Å². The van der Waals surface area contributed by atoms with Crippen LogP contribution in [0.4, 0.5) is 17.1 Å². The third-order valence-corrected chi connectivity index (χ3v) is 7.43. The Hall–Kier alpha value is -5.38. The van der Waals surface area contributed by atoms with E-state index >= 15 is 0 Å². The van der Waals surface area contributed by atoms with Crippen LogP contribution < -0.4 is 14.5 Å². The van der Waals surface area contributed by atoms with Crippen molar-refractivity contribution in [2.75, 3.05) is 16.9 Å². The molecule has 0 radical (unpaired) electrons. The summed E-state index contributed by atoms with van der Waals surface area (Å²) in [5.41, 5.74) is 2.30. The van der Waals surface area contributed by atoms with Crippen LogP contribution in [0.25, 0.3) is 10.8 Å². The lowest BCUT2D eigenvalue weighted by Gasteiger charge is -2.32. The normalized spacial score (nSPS) is 14.3. The van der Waals surface area contributed by atoms with E-state index in [2.05, 4.69) is 0 Å². The highest BCUT2D eigenvalue weighted by molar-refractivity contribution is 6.42. The Morgan fingerprint density at radius 3 is 1.65 bits per heavy atom. The standard InChI is InChI=1S/C30H21N3O7/c1-4-16-5-7-17(8-6-16)31-27(34)18-9-11-20-26-21(12-10-19(25(18)26)28(31)35)30(37)32(29(20)36)22-14-24(40-3)23(33(38)39)13-15(22)2/h5-14H,4H2,1-3H3. The SMILES string of the molecule is CCc1ccc(N2C(=O)c3ccc4c5c(ccc(c35)C2=O)C(=O)N(c2cc(OC)c([N+](=O)[O-])cc2C)C4=O)cc1. The van der Waals surface area contributed by atoms with Gasteiger partial charge in [0, 0.05) is 45.2 Å². The quantitative estimate of drug-likeness (QED) is 0.195. The largest absolute Gasteiger partial charge is 0.490 e. The van der Waals surface area contributed by atoms with Crippen LogP contribution >= 0.6 is 0 Å². The molecule has 0 bridgehead atoms. The highest BCUT2D eigenvalue weighted by Gasteiger charge is 2.41. The van der Waals surface area contributed by atoms with Gasteiger partial charge in [0.15, 0.2) is 5.75 Å². The Kier molecular flexibility index (Phi) is 5.51. The van der Waals surface area contributed by atoms with E-state index in [1.54, 1.807) is 19.1 Å². The summed E-state index contributed by atoms with van der Waals surface area (Å²) in [7, 11) is 1.26. The fraction of sp³-hybridized carbons (Fsp3) is 0.133. The van der Waals surface area contributed by atoms with E-state index in [-0.39, 0.29) is 50.2 Å². The van der Waals surface area contributed by atoms with Crippen LogP contribution in [0.15, 0.2) is 60.7 Å². The maximum Gasteiger partial charge on any atom is 0.311 e. The third-order valence-electron chi connectivity index (χ3n) is 7.43. The summed E-state index contributed by atoms with van der Waals surface area (Å²) in [5, 5.41) is 11.9. The Balaban J connectivity index is 1.51. The molecule has 198 valence electrons. The number of nitro groups is 1. The zero-order valence-corrected chi connectivity index (χ0v) is 21.7. The lowest BCUT2D eigenvalue weighted by molar-refractivity contribution is -0.385. The number of methoxy groups -OCH3 is 1. The number of ether oxygens (including phenoxy) is 1. The van der Waals surface area contributed by atoms with E-state index in [0.29, 0.717) is 11.3 Å². The molecule has 2 heterocycles. The van der Waals surface area contributed by atoms with Crippen molar-refractivity contribution in [1.82, 2.24) is 0 Å². The molecule has 0 spiro atoms. The van der Waals surface area contributed by atoms with Crippen LogP contribution in [-0.4, -0.2) is 35.7 Å². The predicted octanol–water partition coefficient (Wildman–Crippen LogP) is 5.23. The molecule has 4 aromatic carbocycles. The molecule has 0 unspecified atom stereocenters. The van der Waals surface area contributed by atoms with Crippen molar-refractivity contribution in [3.63, 3.8) is 0 Å². The number of amides is 4. The topological polar surface area (TPSA) is 127 Å². The fourth-order valence-corrected chi connectivity index (χ4v) is 5.42. The summed E-state index contributed by atoms with van der Waals surface area (Å²) in [6, 6.07) is 15.6. The molecule has 10 nitrogen and oxygen atoms in total. The van der Waals surface area contributed by atoms with E-state index in [1.165, 1.54) is 43.5 Å². The van der Waals surface area contributed by atoms with E-state index in [9.17, 15) is 29.3 Å². The van der Waals surface area contributed by atoms with Gasteiger partial charge >= 0.3 is 5.69 Å². The summed E-state index contributed by atoms with van der Waals surface area (Å²) in [6.07, 6.45) is 0.807. The lowest BCUT2D eigenvalue weighted by atomic mass is 9.85. The van der Waals surface area contributed by atoms with Gasteiger partial charge < -0.3 is 4.74 Å². The molecule has 4 aromatic rings. The average molecular weight is 536 g/mol. The van der Waals surface area contributed by atoms with Gasteiger partial charge in [-0.2, -0.15) is 0 Å². The van der Waals surface area contributed by atoms with Gasteiger partial charge in [-0.05, 0) is 60.9 Å². The Labute approximate surface area is 227 Å². The van der Waals surface area contributed by atoms with Gasteiger partial charge in [-0.3, -0.25) is 29.3 Å². The molecule has 2 aliphatic rings. The Morgan fingerprint density at radius 2 is 1.23 bits per heavy atom. The third kappa shape index (κ3) is 3.35. The van der Waals surface area contributed by atoms with E-state index < -0.39 is 28.6 Å². The lowest BCUT2D eigenvalue weighted by Crippen LogP contribution is -2.43. The fourth-order valence-electron chi connectivity index (χ4n) is 5.42. The van der Waals surface area contributed by atoms with Crippen molar-refractivity contribution in [3.8, 4) is 5.75 Å². The maximum absolute atomic E-state index is 13.8. The second-order valence-electron chi connectivity index (χ2n) is 9.55. The second-order valence-corrected chi connectivity index (χ2v) is 9.55. The van der Waals surface area contributed by atoms with E-state index in [4.69, 9.17) is 4.74 Å². The highest BCUT2D eigenvalue weighted by atomic mass is 16.6. The smallest absolute Gasteiger partial charge is 0.311 e. The van der Waals surface area contributed by atoms with Gasteiger partial charge in [0.1, 0.15) is 0 Å². The number of nitro benzene ring substituents is 1. The number of carbonyl (C=O) groups is 4. The van der Waals surface area contributed by atoms with Crippen LogP contribution in [0.1, 0.15) is 59.5 Å². The summed E-state index contributed by atoms with van der Waals surface area (Å²) in [4.78, 5) is 67.6. The molecule has 40 heavy (non-hydrogen) atoms. The zero-order valence-electron chi connectivity index (χ0n) is 21.7. The van der Waals surface area contributed by atoms with Crippen molar-refractivity contribution >= 4 is 51.5 Å². The zero-order chi connectivity index (χ0) is 28.5. The molecule has 0 fully saturated rings. The van der Waals surface area contributed by atoms with Crippen LogP contribution in [-0.2, 0) is 6.42 Å². The first-order valence-corrected chi connectivity index (χ1v) is 12.5. The van der Waals surface area contributed by atoms with E-state index in [0.717, 1.165) is 21.8 Å². The molecular formula is C30H21N3O7. The molecule has 2 aliphatic heterocycles. The molecule has 0 aromatic heterocycles. The summed E-state index contributed by atoms with van der Waals surface area (Å²) >= 11 is 0. The van der Waals surface area contributed by atoms with Crippen LogP contribution in [0.5, 0.6) is 5.75 Å². The molecule has 6 rings (SSSR count). The van der Waals surface area contributed by atoms with Crippen molar-refractivity contribution in [2.45, 2.75) is 20.3 Å². The molecular weight excluding hydrogens is 514 g/mol. The molecule has 0 atom stereocenters. The highest BCUT2D eigenvalue weighted by Crippen LogP contribution is 2.42. The van der Waals surface area contributed by atoms with Gasteiger partial charge in [-0.15, -0.1) is 0 Å². The van der Waals surface area contributed by atoms with Gasteiger partial charge in [0.25, 0.3) is 23.6 Å². The number of rotatable bonds is 5. The number of benzene rings is 4. The number of nitrogens with zero attached hydrogens (tertiary/aromatic N) is 3. The van der Waals surface area contributed by atoms with Gasteiger partial charge in [-0.1, -0.05) is 19.1 Å². The number of aryl methyl sites for hydroxylation is 2. The molecule has 0 N–H and O–H groups in total. The van der Waals surface area contributed by atoms with Gasteiger partial charge in [-0.25, -0.2) is 9.80 Å². The predicted molar refractivity (Wildman–Crippen MR) is 146 cm³/mol. The molecule has 0 aliphatic carbocycles. The monoisotopic (exact) mass is 535 g/mol. The number of hydrogen-bond donors (Lipinski definition) is 0. The maximum atomic E-state index is 13.8. The average Bonchev–Trinajstić information content (AvgIpc) is 2.95. The van der Waals surface area contributed by atoms with Crippen molar-refractivity contribution < 1.29 is 28.8 Å². The minimum Gasteiger partial charge on any atom is -0.490 e. The van der Waals surface area contributed by atoms with Gasteiger partial charge in [0.2, 0.25) is 0 Å². The molecule has 4 amide bonds. The first-order chi connectivity index (χ1) is 19.2. The van der Waals surface area contributed by atoms with Crippen LogP contribution in [0.3, 0.4) is 0 Å². The van der Waals surface area contributed by atoms with Crippen LogP contribution in [0.2, 0.25) is 0 Å². The molecule has 10 heteroatoms. The number of hydrogen-bond acceptors (Lipinski definition) is 7. The van der Waals surface area contributed by atoms with Gasteiger partial charge in [0.05, 0.1) is 23.4 Å². The first kappa shape index (κ1) is 24.9. The minimum atomic E-state index is -0.683. The summed E-state index contributed by atoms with van der Waals surface area (Å²) in [6.45, 7) is 3.56. The Morgan fingerprint density at radius 1 is 0.750 bits per heavy atom. The number of imide groups is 2. The summed E-state index contributed by atoms with van der Waals surface area (Å²) < 4.78 is 5.16. The van der Waals surface area contributed by atoms with E-state index in [1.807, 2.05) is 19.1 Å². The Bertz CT molecular complexity index is 1770. The van der Waals surface area contributed by atoms with Crippen molar-refractivity contribution in [1.29, 1.82) is 0 Å². The second kappa shape index (κ2) is 8.84. The number of carbonyl (C=O) groups excluding carboxylic acids is 4. The van der Waals surface area contributed by atoms with Crippen molar-refractivity contribution in [2.24, 2.45) is 0 Å². The minimum absolute atomic E-state index is 0.106.